The molecule has 4 saturated heterocycles. The van der Waals surface area contributed by atoms with Crippen molar-refractivity contribution in [2.45, 2.75) is 108 Å². The van der Waals surface area contributed by atoms with E-state index in [2.05, 4.69) is 50.1 Å². The number of rotatable bonds is 5. The quantitative estimate of drug-likeness (QED) is 0.420. The maximum atomic E-state index is 4.18. The standard InChI is InChI=1S/C10H20N2.C9H17N.C8H12N2.C7H16N2/c1-2-8-12(9-3-1)10-4-6-11-7-5-10;1-2-6-9-8(4-1)5-3-7-10-9;1-9-7-5-8-4-2-3-6-10-8;1-8-7-3-5-9(2)6-4-7/h10-11H,1-9H2;8-10H,1-7H2;2-4,6,9H,5,7H2,1H3;7-8H,3-6H2,1-2H3. The van der Waals surface area contributed by atoms with Crippen LogP contribution in [0, 0.1) is 5.92 Å². The Morgan fingerprint density at radius 1 is 0.805 bits per heavy atom. The zero-order valence-corrected chi connectivity index (χ0v) is 27.0. The molecule has 7 nitrogen and oxygen atoms in total. The van der Waals surface area contributed by atoms with E-state index in [4.69, 9.17) is 0 Å². The van der Waals surface area contributed by atoms with E-state index in [-0.39, 0.29) is 0 Å². The van der Waals surface area contributed by atoms with Crippen LogP contribution in [0.3, 0.4) is 0 Å². The van der Waals surface area contributed by atoms with Gasteiger partial charge in [-0.15, -0.1) is 0 Å². The molecule has 41 heavy (non-hydrogen) atoms. The average molecular weight is 572 g/mol. The van der Waals surface area contributed by atoms with Crippen molar-refractivity contribution >= 4 is 0 Å². The van der Waals surface area contributed by atoms with E-state index in [0.717, 1.165) is 42.7 Å². The van der Waals surface area contributed by atoms with Crippen LogP contribution in [-0.4, -0.2) is 106 Å². The molecule has 4 N–H and O–H groups in total. The third-order valence-electron chi connectivity index (χ3n) is 9.77. The van der Waals surface area contributed by atoms with Crippen LogP contribution in [-0.2, 0) is 6.42 Å². The van der Waals surface area contributed by atoms with Gasteiger partial charge in [-0.25, -0.2) is 0 Å². The first-order valence-corrected chi connectivity index (χ1v) is 17.3. The summed E-state index contributed by atoms with van der Waals surface area (Å²) in [5.74, 6) is 1.04. The van der Waals surface area contributed by atoms with E-state index in [0.29, 0.717) is 0 Å². The molecule has 0 aromatic carbocycles. The molecule has 4 aliphatic heterocycles. The summed E-state index contributed by atoms with van der Waals surface area (Å²) in [5, 5.41) is 13.4. The number of nitrogens with zero attached hydrogens (tertiary/aromatic N) is 3. The van der Waals surface area contributed by atoms with Gasteiger partial charge in [0.15, 0.2) is 0 Å². The van der Waals surface area contributed by atoms with Gasteiger partial charge in [0.1, 0.15) is 0 Å². The Bertz CT molecular complexity index is 686. The summed E-state index contributed by atoms with van der Waals surface area (Å²) in [5.41, 5.74) is 1.15. The normalized spacial score (nSPS) is 26.2. The Morgan fingerprint density at radius 2 is 1.54 bits per heavy atom. The van der Waals surface area contributed by atoms with Gasteiger partial charge in [0.05, 0.1) is 0 Å². The topological polar surface area (TPSA) is 67.5 Å². The molecule has 2 atom stereocenters. The summed E-state index contributed by atoms with van der Waals surface area (Å²) in [6, 6.07) is 8.58. The van der Waals surface area contributed by atoms with Crippen LogP contribution in [0.1, 0.15) is 89.2 Å². The van der Waals surface area contributed by atoms with Gasteiger partial charge in [-0.2, -0.15) is 0 Å². The second-order valence-corrected chi connectivity index (χ2v) is 12.9. The molecule has 1 saturated carbocycles. The molecule has 0 bridgehead atoms. The van der Waals surface area contributed by atoms with Crippen LogP contribution in [0.25, 0.3) is 0 Å². The van der Waals surface area contributed by atoms with Crippen molar-refractivity contribution in [3.05, 3.63) is 30.1 Å². The molecule has 236 valence electrons. The number of hydrogen-bond acceptors (Lipinski definition) is 7. The Morgan fingerprint density at radius 3 is 2.20 bits per heavy atom. The molecule has 1 aromatic rings. The molecule has 6 rings (SSSR count). The summed E-state index contributed by atoms with van der Waals surface area (Å²) in [6.45, 7) is 9.99. The molecular formula is C34H65N7. The zero-order chi connectivity index (χ0) is 29.0. The fourth-order valence-electron chi connectivity index (χ4n) is 7.03. The van der Waals surface area contributed by atoms with E-state index >= 15 is 0 Å². The maximum absolute atomic E-state index is 4.18. The minimum atomic E-state index is 0.779. The van der Waals surface area contributed by atoms with Gasteiger partial charge in [-0.3, -0.25) is 4.98 Å². The lowest BCUT2D eigenvalue weighted by Crippen LogP contribution is -2.45. The number of likely N-dealkylation sites (tertiary alicyclic amines) is 2. The lowest BCUT2D eigenvalue weighted by molar-refractivity contribution is 0.136. The molecule has 1 aromatic heterocycles. The van der Waals surface area contributed by atoms with E-state index in [1.807, 2.05) is 31.4 Å². The van der Waals surface area contributed by atoms with Crippen LogP contribution in [0.15, 0.2) is 24.4 Å². The molecule has 2 unspecified atom stereocenters. The molecule has 1 aliphatic carbocycles. The van der Waals surface area contributed by atoms with Gasteiger partial charge >= 0.3 is 0 Å². The first kappa shape index (κ1) is 34.4. The molecule has 0 spiro atoms. The number of fused-ring (bicyclic) bond motifs is 1. The second-order valence-electron chi connectivity index (χ2n) is 12.9. The molecule has 5 aliphatic rings. The second kappa shape index (κ2) is 21.6. The van der Waals surface area contributed by atoms with Crippen LogP contribution < -0.4 is 21.3 Å². The predicted octanol–water partition coefficient (Wildman–Crippen LogP) is 4.30. The van der Waals surface area contributed by atoms with Crippen molar-refractivity contribution in [2.75, 3.05) is 73.5 Å². The number of hydrogen-bond donors (Lipinski definition) is 4. The fourth-order valence-corrected chi connectivity index (χ4v) is 7.03. The maximum Gasteiger partial charge on any atom is 0.0416 e. The molecule has 5 fully saturated rings. The number of likely N-dealkylation sites (N-methyl/N-ethyl adjacent to an activating group) is 1. The molecule has 0 radical (unpaired) electrons. The van der Waals surface area contributed by atoms with Crippen LogP contribution >= 0.6 is 0 Å². The summed E-state index contributed by atoms with van der Waals surface area (Å²) in [6.07, 6.45) is 21.4. The zero-order valence-electron chi connectivity index (χ0n) is 27.0. The lowest BCUT2D eigenvalue weighted by Gasteiger charge is -2.36. The molecular weight excluding hydrogens is 506 g/mol. The van der Waals surface area contributed by atoms with Crippen molar-refractivity contribution in [1.82, 2.24) is 36.1 Å². The monoisotopic (exact) mass is 572 g/mol. The number of nitrogens with one attached hydrogen (secondary N) is 4. The third-order valence-corrected chi connectivity index (χ3v) is 9.77. The smallest absolute Gasteiger partial charge is 0.0416 e. The summed E-state index contributed by atoms with van der Waals surface area (Å²) >= 11 is 0. The Hall–Kier alpha value is -1.09. The highest BCUT2D eigenvalue weighted by Crippen LogP contribution is 2.30. The Kier molecular flexibility index (Phi) is 18.1. The largest absolute Gasteiger partial charge is 0.319 e. The lowest BCUT2D eigenvalue weighted by atomic mass is 9.80. The minimum absolute atomic E-state index is 0.779. The fraction of sp³-hybridized carbons (Fsp3) is 0.853. The van der Waals surface area contributed by atoms with Crippen LogP contribution in [0.2, 0.25) is 0 Å². The first-order chi connectivity index (χ1) is 20.2. The van der Waals surface area contributed by atoms with E-state index in [1.165, 1.54) is 129 Å². The summed E-state index contributed by atoms with van der Waals surface area (Å²) < 4.78 is 0. The van der Waals surface area contributed by atoms with Crippen molar-refractivity contribution in [3.63, 3.8) is 0 Å². The third kappa shape index (κ3) is 14.3. The number of piperidine rings is 4. The first-order valence-electron chi connectivity index (χ1n) is 17.3. The van der Waals surface area contributed by atoms with Gasteiger partial charge in [0.2, 0.25) is 0 Å². The summed E-state index contributed by atoms with van der Waals surface area (Å²) in [4.78, 5) is 9.27. The van der Waals surface area contributed by atoms with Gasteiger partial charge in [0.25, 0.3) is 0 Å². The Labute approximate surface area is 253 Å². The van der Waals surface area contributed by atoms with Crippen LogP contribution in [0.5, 0.6) is 0 Å². The van der Waals surface area contributed by atoms with Crippen molar-refractivity contribution in [3.8, 4) is 0 Å². The van der Waals surface area contributed by atoms with E-state index in [9.17, 15) is 0 Å². The van der Waals surface area contributed by atoms with Crippen molar-refractivity contribution in [2.24, 2.45) is 5.92 Å². The molecule has 0 amide bonds. The highest BCUT2D eigenvalue weighted by molar-refractivity contribution is 5.03. The molecule has 7 heteroatoms. The SMILES string of the molecule is C1CCC2NCCCC2C1.C1CCN(C2CCNCC2)CC1.CNC1CCN(C)CC1.CNCCc1ccccn1. The minimum Gasteiger partial charge on any atom is -0.319 e. The summed E-state index contributed by atoms with van der Waals surface area (Å²) in [7, 11) is 6.19. The van der Waals surface area contributed by atoms with Gasteiger partial charge < -0.3 is 31.1 Å². The average Bonchev–Trinajstić information content (AvgIpc) is 3.06. The predicted molar refractivity (Wildman–Crippen MR) is 176 cm³/mol. The van der Waals surface area contributed by atoms with Crippen molar-refractivity contribution in [1.29, 1.82) is 0 Å². The van der Waals surface area contributed by atoms with Gasteiger partial charge in [-0.1, -0.05) is 25.3 Å². The van der Waals surface area contributed by atoms with Gasteiger partial charge in [-0.05, 0) is 149 Å². The van der Waals surface area contributed by atoms with E-state index < -0.39 is 0 Å². The van der Waals surface area contributed by atoms with Crippen molar-refractivity contribution < 1.29 is 0 Å². The number of aromatic nitrogens is 1. The highest BCUT2D eigenvalue weighted by Gasteiger charge is 2.26. The highest BCUT2D eigenvalue weighted by atomic mass is 15.2. The Balaban J connectivity index is 0.000000151. The number of pyridine rings is 1. The van der Waals surface area contributed by atoms with Crippen LogP contribution in [0.4, 0.5) is 0 Å². The van der Waals surface area contributed by atoms with E-state index in [1.54, 1.807) is 0 Å². The molecule has 5 heterocycles. The van der Waals surface area contributed by atoms with Gasteiger partial charge in [0, 0.05) is 43.0 Å².